The van der Waals surface area contributed by atoms with Crippen molar-refractivity contribution in [2.75, 3.05) is 11.5 Å². The van der Waals surface area contributed by atoms with E-state index >= 15 is 0 Å². The molecule has 3 unspecified atom stereocenters. The van der Waals surface area contributed by atoms with Crippen molar-refractivity contribution in [3.63, 3.8) is 0 Å². The van der Waals surface area contributed by atoms with Crippen LogP contribution in [0.5, 0.6) is 0 Å². The molecular weight excluding hydrogens is 280 g/mol. The molecule has 0 aromatic heterocycles. The normalized spacial score (nSPS) is 23.0. The van der Waals surface area contributed by atoms with E-state index in [9.17, 15) is 4.79 Å². The fraction of sp³-hybridized carbons (Fsp3) is 0.588. The molecule has 1 fully saturated rings. The summed E-state index contributed by atoms with van der Waals surface area (Å²) >= 11 is 1.98. The first-order valence-corrected chi connectivity index (χ1v) is 8.91. The Hall–Kier alpha value is -1.16. The van der Waals surface area contributed by atoms with Crippen LogP contribution in [0.25, 0.3) is 0 Å². The first-order valence-electron chi connectivity index (χ1n) is 7.86. The van der Waals surface area contributed by atoms with Gasteiger partial charge in [-0.05, 0) is 42.2 Å². The molecule has 0 heterocycles. The third kappa shape index (κ3) is 4.67. The first-order chi connectivity index (χ1) is 10.1. The highest BCUT2D eigenvalue weighted by molar-refractivity contribution is 7.99. The van der Waals surface area contributed by atoms with Crippen LogP contribution in [0.15, 0.2) is 24.3 Å². The molecule has 0 spiro atoms. The summed E-state index contributed by atoms with van der Waals surface area (Å²) in [5.41, 5.74) is 7.64. The van der Waals surface area contributed by atoms with Crippen molar-refractivity contribution < 1.29 is 4.79 Å². The highest BCUT2D eigenvalue weighted by atomic mass is 32.2. The van der Waals surface area contributed by atoms with E-state index < -0.39 is 0 Å². The number of benzene rings is 1. The molecule has 1 aliphatic rings. The fourth-order valence-corrected chi connectivity index (χ4v) is 4.19. The second kappa shape index (κ2) is 7.74. The van der Waals surface area contributed by atoms with E-state index in [1.165, 1.54) is 18.4 Å². The summed E-state index contributed by atoms with van der Waals surface area (Å²) in [4.78, 5) is 12.3. The maximum absolute atomic E-state index is 12.3. The van der Waals surface area contributed by atoms with Gasteiger partial charge in [-0.25, -0.2) is 0 Å². The highest BCUT2D eigenvalue weighted by Crippen LogP contribution is 2.30. The second-order valence-electron chi connectivity index (χ2n) is 5.87. The van der Waals surface area contributed by atoms with E-state index in [4.69, 9.17) is 5.73 Å². The quantitative estimate of drug-likeness (QED) is 0.790. The zero-order valence-corrected chi connectivity index (χ0v) is 13.8. The van der Waals surface area contributed by atoms with Gasteiger partial charge in [-0.15, -0.1) is 0 Å². The van der Waals surface area contributed by atoms with Gasteiger partial charge in [0.1, 0.15) is 0 Å². The molecule has 3 N–H and O–H groups in total. The molecule has 3 nitrogen and oxygen atoms in total. The lowest BCUT2D eigenvalue weighted by atomic mass is 9.97. The van der Waals surface area contributed by atoms with Gasteiger partial charge in [-0.2, -0.15) is 11.8 Å². The number of carbonyl (C=O) groups excluding carboxylic acids is 1. The number of amides is 1. The number of nitrogens with one attached hydrogen (secondary N) is 1. The Morgan fingerprint density at radius 3 is 2.76 bits per heavy atom. The van der Waals surface area contributed by atoms with Crippen molar-refractivity contribution in [2.24, 2.45) is 0 Å². The Labute approximate surface area is 132 Å². The van der Waals surface area contributed by atoms with E-state index in [0.29, 0.717) is 17.7 Å². The molecule has 0 bridgehead atoms. The Morgan fingerprint density at radius 2 is 2.10 bits per heavy atom. The molecule has 0 saturated heterocycles. The summed E-state index contributed by atoms with van der Waals surface area (Å²) < 4.78 is 0. The highest BCUT2D eigenvalue weighted by Gasteiger charge is 2.28. The van der Waals surface area contributed by atoms with Crippen LogP contribution in [0, 0.1) is 0 Å². The molecule has 1 aromatic carbocycles. The summed E-state index contributed by atoms with van der Waals surface area (Å²) in [6, 6.07) is 8.18. The lowest BCUT2D eigenvalue weighted by Crippen LogP contribution is -2.39. The van der Waals surface area contributed by atoms with Crippen LogP contribution in [0.4, 0.5) is 5.69 Å². The van der Waals surface area contributed by atoms with Gasteiger partial charge in [0.2, 0.25) is 5.91 Å². The number of hydrogen-bond acceptors (Lipinski definition) is 3. The van der Waals surface area contributed by atoms with Crippen molar-refractivity contribution in [2.45, 2.75) is 56.7 Å². The Kier molecular flexibility index (Phi) is 5.97. The predicted molar refractivity (Wildman–Crippen MR) is 91.6 cm³/mol. The van der Waals surface area contributed by atoms with E-state index in [2.05, 4.69) is 19.2 Å². The molecule has 2 rings (SSSR count). The summed E-state index contributed by atoms with van der Waals surface area (Å²) in [6.45, 7) is 4.28. The van der Waals surface area contributed by atoms with Crippen molar-refractivity contribution in [3.8, 4) is 0 Å². The lowest BCUT2D eigenvalue weighted by Gasteiger charge is -2.21. The number of anilines is 1. The number of nitrogen functional groups attached to an aromatic ring is 1. The van der Waals surface area contributed by atoms with Gasteiger partial charge in [0, 0.05) is 23.4 Å². The zero-order valence-electron chi connectivity index (χ0n) is 13.0. The van der Waals surface area contributed by atoms with Crippen LogP contribution in [0.2, 0.25) is 0 Å². The van der Waals surface area contributed by atoms with Crippen molar-refractivity contribution in [1.29, 1.82) is 0 Å². The van der Waals surface area contributed by atoms with Gasteiger partial charge >= 0.3 is 0 Å². The van der Waals surface area contributed by atoms with E-state index in [1.54, 1.807) is 0 Å². The van der Waals surface area contributed by atoms with Crippen molar-refractivity contribution in [3.05, 3.63) is 29.8 Å². The van der Waals surface area contributed by atoms with E-state index in [1.807, 2.05) is 36.0 Å². The van der Waals surface area contributed by atoms with Gasteiger partial charge in [0.05, 0.1) is 0 Å². The molecule has 4 heteroatoms. The zero-order chi connectivity index (χ0) is 15.2. The summed E-state index contributed by atoms with van der Waals surface area (Å²) in [5, 5.41) is 3.84. The molecule has 3 atom stereocenters. The van der Waals surface area contributed by atoms with Crippen LogP contribution in [0.3, 0.4) is 0 Å². The van der Waals surface area contributed by atoms with Gasteiger partial charge in [-0.1, -0.05) is 32.4 Å². The molecule has 116 valence electrons. The topological polar surface area (TPSA) is 55.1 Å². The Bertz CT molecular complexity index is 460. The van der Waals surface area contributed by atoms with Gasteiger partial charge in [0.25, 0.3) is 0 Å². The molecule has 21 heavy (non-hydrogen) atoms. The third-order valence-corrected chi connectivity index (χ3v) is 5.50. The smallest absolute Gasteiger partial charge is 0.220 e. The molecule has 0 radical (unpaired) electrons. The number of nitrogens with two attached hydrogens (primary N) is 1. The molecule has 1 saturated carbocycles. The standard InChI is InChI=1S/C17H26N2OS/c1-3-21-16-6-4-5-15(16)19-17(20)11-12(2)13-7-9-14(18)10-8-13/h7-10,12,15-16H,3-6,11,18H2,1-2H3,(H,19,20). The van der Waals surface area contributed by atoms with Crippen molar-refractivity contribution in [1.82, 2.24) is 5.32 Å². The second-order valence-corrected chi connectivity index (χ2v) is 7.39. The Morgan fingerprint density at radius 1 is 1.38 bits per heavy atom. The molecule has 0 aliphatic heterocycles. The van der Waals surface area contributed by atoms with Gasteiger partial charge in [-0.3, -0.25) is 4.79 Å². The van der Waals surface area contributed by atoms with Crippen LogP contribution in [-0.4, -0.2) is 23.0 Å². The Balaban J connectivity index is 1.85. The number of rotatable bonds is 6. The minimum absolute atomic E-state index is 0.174. The lowest BCUT2D eigenvalue weighted by molar-refractivity contribution is -0.122. The molecular formula is C17H26N2OS. The summed E-state index contributed by atoms with van der Waals surface area (Å²) in [6.07, 6.45) is 4.14. The maximum Gasteiger partial charge on any atom is 0.220 e. The van der Waals surface area contributed by atoms with E-state index in [-0.39, 0.29) is 11.8 Å². The largest absolute Gasteiger partial charge is 0.399 e. The number of carbonyl (C=O) groups is 1. The summed E-state index contributed by atoms with van der Waals surface area (Å²) in [7, 11) is 0. The third-order valence-electron chi connectivity index (χ3n) is 4.18. The van der Waals surface area contributed by atoms with Crippen molar-refractivity contribution >= 4 is 23.4 Å². The van der Waals surface area contributed by atoms with Crippen LogP contribution in [0.1, 0.15) is 51.0 Å². The first kappa shape index (κ1) is 16.2. The average molecular weight is 306 g/mol. The van der Waals surface area contributed by atoms with Gasteiger partial charge in [0.15, 0.2) is 0 Å². The monoisotopic (exact) mass is 306 g/mol. The van der Waals surface area contributed by atoms with Gasteiger partial charge < -0.3 is 11.1 Å². The van der Waals surface area contributed by atoms with Crippen LogP contribution in [-0.2, 0) is 4.79 Å². The van der Waals surface area contributed by atoms with Crippen LogP contribution >= 0.6 is 11.8 Å². The SMILES string of the molecule is CCSC1CCCC1NC(=O)CC(C)c1ccc(N)cc1. The minimum Gasteiger partial charge on any atom is -0.399 e. The fourth-order valence-electron chi connectivity index (χ4n) is 2.99. The average Bonchev–Trinajstić information content (AvgIpc) is 2.87. The minimum atomic E-state index is 0.174. The number of thioether (sulfide) groups is 1. The van der Waals surface area contributed by atoms with Crippen LogP contribution < -0.4 is 11.1 Å². The van der Waals surface area contributed by atoms with E-state index in [0.717, 1.165) is 17.9 Å². The molecule has 1 aliphatic carbocycles. The summed E-state index contributed by atoms with van der Waals surface area (Å²) in [5.74, 6) is 1.52. The maximum atomic E-state index is 12.3. The number of hydrogen-bond donors (Lipinski definition) is 2. The molecule has 1 aromatic rings. The predicted octanol–water partition coefficient (Wildman–Crippen LogP) is 3.55. The molecule has 1 amide bonds.